The van der Waals surface area contributed by atoms with Crippen LogP contribution in [0.2, 0.25) is 0 Å². The van der Waals surface area contributed by atoms with Gasteiger partial charge in [0, 0.05) is 23.3 Å². The number of aliphatic hydroxyl groups is 1. The topological polar surface area (TPSA) is 62.5 Å². The van der Waals surface area contributed by atoms with Crippen LogP contribution in [0.5, 0.6) is 0 Å². The van der Waals surface area contributed by atoms with Gasteiger partial charge >= 0.3 is 0 Å². The van der Waals surface area contributed by atoms with Gasteiger partial charge in [0.1, 0.15) is 5.76 Å². The van der Waals surface area contributed by atoms with Crippen LogP contribution < -0.4 is 5.32 Å². The minimum atomic E-state index is -0.136. The summed E-state index contributed by atoms with van der Waals surface area (Å²) in [6, 6.07) is 3.61. The standard InChI is InChI=1S/C16H17NO3S/c1-2-14-13(6-9-20-14)16(19)17-11-15-12(7-10-21-15)5-3-4-8-18/h6-7,9-10,18H,2,4,8,11H2,1H3,(H,17,19). The van der Waals surface area contributed by atoms with E-state index in [1.165, 1.54) is 6.26 Å². The number of aliphatic hydroxyl groups excluding tert-OH is 1. The third-order valence-corrected chi connectivity index (χ3v) is 3.85. The fourth-order valence-electron chi connectivity index (χ4n) is 1.88. The number of rotatable bonds is 5. The number of aryl methyl sites for hydroxylation is 1. The molecule has 0 aromatic carbocycles. The van der Waals surface area contributed by atoms with Crippen molar-refractivity contribution in [2.24, 2.45) is 0 Å². The van der Waals surface area contributed by atoms with Crippen LogP contribution in [0, 0.1) is 11.8 Å². The Morgan fingerprint density at radius 2 is 2.33 bits per heavy atom. The molecule has 0 bridgehead atoms. The molecule has 21 heavy (non-hydrogen) atoms. The lowest BCUT2D eigenvalue weighted by Gasteiger charge is -2.04. The molecule has 1 amide bonds. The van der Waals surface area contributed by atoms with Gasteiger partial charge in [-0.2, -0.15) is 0 Å². The summed E-state index contributed by atoms with van der Waals surface area (Å²) in [6.45, 7) is 2.45. The third kappa shape index (κ3) is 3.97. The van der Waals surface area contributed by atoms with Gasteiger partial charge in [0.15, 0.2) is 0 Å². The zero-order valence-corrected chi connectivity index (χ0v) is 12.6. The molecule has 0 unspecified atom stereocenters. The quantitative estimate of drug-likeness (QED) is 0.835. The van der Waals surface area contributed by atoms with E-state index in [9.17, 15) is 4.79 Å². The lowest BCUT2D eigenvalue weighted by Crippen LogP contribution is -2.23. The third-order valence-electron chi connectivity index (χ3n) is 2.93. The van der Waals surface area contributed by atoms with E-state index >= 15 is 0 Å². The molecule has 0 spiro atoms. The van der Waals surface area contributed by atoms with Crippen molar-refractivity contribution in [3.63, 3.8) is 0 Å². The normalized spacial score (nSPS) is 10.0. The van der Waals surface area contributed by atoms with Crippen molar-refractivity contribution in [2.45, 2.75) is 26.3 Å². The molecular weight excluding hydrogens is 286 g/mol. The minimum Gasteiger partial charge on any atom is -0.469 e. The molecule has 2 aromatic heterocycles. The average Bonchev–Trinajstić information content (AvgIpc) is 3.13. The second-order valence-corrected chi connectivity index (χ2v) is 5.33. The molecule has 2 rings (SSSR count). The van der Waals surface area contributed by atoms with Crippen molar-refractivity contribution in [3.05, 3.63) is 45.5 Å². The summed E-state index contributed by atoms with van der Waals surface area (Å²) in [5, 5.41) is 13.6. The zero-order chi connectivity index (χ0) is 15.1. The van der Waals surface area contributed by atoms with Crippen molar-refractivity contribution in [3.8, 4) is 11.8 Å². The van der Waals surface area contributed by atoms with Gasteiger partial charge in [0.25, 0.3) is 5.91 Å². The Balaban J connectivity index is 1.99. The van der Waals surface area contributed by atoms with Gasteiger partial charge in [-0.25, -0.2) is 0 Å². The molecule has 110 valence electrons. The number of hydrogen-bond donors (Lipinski definition) is 2. The van der Waals surface area contributed by atoms with Crippen molar-refractivity contribution < 1.29 is 14.3 Å². The van der Waals surface area contributed by atoms with E-state index in [1.807, 2.05) is 18.4 Å². The Kier molecular flexibility index (Phi) is 5.61. The van der Waals surface area contributed by atoms with Crippen molar-refractivity contribution >= 4 is 17.2 Å². The number of nitrogens with one attached hydrogen (secondary N) is 1. The fraction of sp³-hybridized carbons (Fsp3) is 0.312. The molecule has 0 atom stereocenters. The highest BCUT2D eigenvalue weighted by Gasteiger charge is 2.13. The second kappa shape index (κ2) is 7.67. The molecule has 0 aliphatic heterocycles. The van der Waals surface area contributed by atoms with Gasteiger partial charge < -0.3 is 14.8 Å². The molecule has 2 aromatic rings. The van der Waals surface area contributed by atoms with E-state index in [4.69, 9.17) is 9.52 Å². The largest absolute Gasteiger partial charge is 0.469 e. The number of carbonyl (C=O) groups excluding carboxylic acids is 1. The first-order valence-corrected chi connectivity index (χ1v) is 7.64. The summed E-state index contributed by atoms with van der Waals surface area (Å²) < 4.78 is 5.26. The summed E-state index contributed by atoms with van der Waals surface area (Å²) >= 11 is 1.55. The van der Waals surface area contributed by atoms with Crippen LogP contribution in [0.3, 0.4) is 0 Å². The predicted molar refractivity (Wildman–Crippen MR) is 82.2 cm³/mol. The Morgan fingerprint density at radius 1 is 1.48 bits per heavy atom. The summed E-state index contributed by atoms with van der Waals surface area (Å²) in [7, 11) is 0. The number of amides is 1. The van der Waals surface area contributed by atoms with E-state index in [0.717, 1.165) is 10.4 Å². The Hall–Kier alpha value is -2.03. The predicted octanol–water partition coefficient (Wildman–Crippen LogP) is 2.57. The highest BCUT2D eigenvalue weighted by molar-refractivity contribution is 7.10. The summed E-state index contributed by atoms with van der Waals surface area (Å²) in [5.74, 6) is 6.46. The van der Waals surface area contributed by atoms with Gasteiger partial charge in [0.05, 0.1) is 25.0 Å². The molecule has 2 heterocycles. The van der Waals surface area contributed by atoms with E-state index in [2.05, 4.69) is 17.2 Å². The molecular formula is C16H17NO3S. The number of hydrogen-bond acceptors (Lipinski definition) is 4. The molecule has 5 heteroatoms. The lowest BCUT2D eigenvalue weighted by molar-refractivity contribution is 0.0949. The number of furan rings is 1. The summed E-state index contributed by atoms with van der Waals surface area (Å²) in [6.07, 6.45) is 2.67. The van der Waals surface area contributed by atoms with E-state index in [-0.39, 0.29) is 12.5 Å². The monoisotopic (exact) mass is 303 g/mol. The van der Waals surface area contributed by atoms with Crippen LogP contribution in [0.25, 0.3) is 0 Å². The Morgan fingerprint density at radius 3 is 3.10 bits per heavy atom. The maximum atomic E-state index is 12.1. The van der Waals surface area contributed by atoms with Crippen molar-refractivity contribution in [1.82, 2.24) is 5.32 Å². The second-order valence-electron chi connectivity index (χ2n) is 4.33. The smallest absolute Gasteiger partial charge is 0.255 e. The highest BCUT2D eigenvalue weighted by Crippen LogP contribution is 2.16. The summed E-state index contributed by atoms with van der Waals surface area (Å²) in [4.78, 5) is 13.1. The first-order valence-electron chi connectivity index (χ1n) is 6.77. The van der Waals surface area contributed by atoms with Gasteiger partial charge in [-0.1, -0.05) is 18.8 Å². The molecule has 0 saturated carbocycles. The lowest BCUT2D eigenvalue weighted by atomic mass is 10.2. The molecule has 0 aliphatic rings. The van der Waals surface area contributed by atoms with Gasteiger partial charge in [-0.3, -0.25) is 4.79 Å². The fourth-order valence-corrected chi connectivity index (χ4v) is 2.64. The highest BCUT2D eigenvalue weighted by atomic mass is 32.1. The Bertz CT molecular complexity index is 660. The molecule has 0 aliphatic carbocycles. The zero-order valence-electron chi connectivity index (χ0n) is 11.8. The molecule has 0 radical (unpaired) electrons. The molecule has 0 saturated heterocycles. The van der Waals surface area contributed by atoms with Crippen molar-refractivity contribution in [2.75, 3.05) is 6.61 Å². The first kappa shape index (κ1) is 15.4. The van der Waals surface area contributed by atoms with E-state index < -0.39 is 0 Å². The van der Waals surface area contributed by atoms with E-state index in [1.54, 1.807) is 17.4 Å². The van der Waals surface area contributed by atoms with Crippen LogP contribution in [0.1, 0.15) is 39.9 Å². The van der Waals surface area contributed by atoms with Crippen LogP contribution in [0.4, 0.5) is 0 Å². The average molecular weight is 303 g/mol. The molecule has 4 nitrogen and oxygen atoms in total. The first-order chi connectivity index (χ1) is 10.3. The van der Waals surface area contributed by atoms with Gasteiger partial charge in [0.2, 0.25) is 0 Å². The maximum Gasteiger partial charge on any atom is 0.255 e. The van der Waals surface area contributed by atoms with Crippen molar-refractivity contribution in [1.29, 1.82) is 0 Å². The molecule has 0 fully saturated rings. The number of carbonyl (C=O) groups is 1. The summed E-state index contributed by atoms with van der Waals surface area (Å²) in [5.41, 5.74) is 1.48. The minimum absolute atomic E-state index is 0.0590. The SMILES string of the molecule is CCc1occc1C(=O)NCc1sccc1C#CCCO. The van der Waals surface area contributed by atoms with Gasteiger partial charge in [-0.15, -0.1) is 11.3 Å². The Labute approximate surface area is 127 Å². The van der Waals surface area contributed by atoms with Crippen LogP contribution in [-0.4, -0.2) is 17.6 Å². The van der Waals surface area contributed by atoms with Crippen LogP contribution in [-0.2, 0) is 13.0 Å². The maximum absolute atomic E-state index is 12.1. The molecule has 2 N–H and O–H groups in total. The van der Waals surface area contributed by atoms with Gasteiger partial charge in [-0.05, 0) is 17.5 Å². The van der Waals surface area contributed by atoms with Crippen LogP contribution >= 0.6 is 11.3 Å². The van der Waals surface area contributed by atoms with E-state index in [0.29, 0.717) is 30.7 Å². The van der Waals surface area contributed by atoms with Crippen LogP contribution in [0.15, 0.2) is 28.2 Å². The number of thiophene rings is 1.